The summed E-state index contributed by atoms with van der Waals surface area (Å²) < 4.78 is 11.9. The topological polar surface area (TPSA) is 152 Å². The molecule has 0 bridgehead atoms. The molecular weight excluding hydrogens is 356 g/mol. The number of nitrogens with two attached hydrogens (primary N) is 1. The molecule has 0 saturated heterocycles. The predicted octanol–water partition coefficient (Wildman–Crippen LogP) is 1.62. The van der Waals surface area contributed by atoms with Gasteiger partial charge in [-0.05, 0) is 38.1 Å². The number of nitro groups is 1. The van der Waals surface area contributed by atoms with Crippen LogP contribution in [-0.2, 0) is 4.79 Å². The third-order valence-corrected chi connectivity index (χ3v) is 3.88. The first-order valence-corrected chi connectivity index (χ1v) is 7.90. The lowest BCUT2D eigenvalue weighted by atomic mass is 10.2. The van der Waals surface area contributed by atoms with E-state index < -0.39 is 16.9 Å². The number of hydrogen-bond acceptors (Lipinski definition) is 8. The maximum Gasteiger partial charge on any atom is 0.309 e. The minimum atomic E-state index is -0.565. The van der Waals surface area contributed by atoms with Crippen LogP contribution in [-0.4, -0.2) is 37.4 Å². The molecule has 0 aliphatic carbocycles. The van der Waals surface area contributed by atoms with Crippen LogP contribution in [0.15, 0.2) is 35.0 Å². The second kappa shape index (κ2) is 7.23. The fourth-order valence-corrected chi connectivity index (χ4v) is 2.47. The Morgan fingerprint density at radius 2 is 2.11 bits per heavy atom. The van der Waals surface area contributed by atoms with E-state index in [-0.39, 0.29) is 18.2 Å². The van der Waals surface area contributed by atoms with Gasteiger partial charge in [-0.15, -0.1) is 0 Å². The van der Waals surface area contributed by atoms with E-state index >= 15 is 0 Å². The normalized spacial score (nSPS) is 11.9. The van der Waals surface area contributed by atoms with Crippen molar-refractivity contribution in [2.75, 3.05) is 6.61 Å². The monoisotopic (exact) mass is 372 g/mol. The van der Waals surface area contributed by atoms with E-state index in [0.717, 1.165) is 0 Å². The Morgan fingerprint density at radius 1 is 1.41 bits per heavy atom. The predicted molar refractivity (Wildman–Crippen MR) is 91.9 cm³/mol. The highest BCUT2D eigenvalue weighted by molar-refractivity contribution is 5.75. The van der Waals surface area contributed by atoms with Crippen LogP contribution >= 0.6 is 0 Å². The van der Waals surface area contributed by atoms with E-state index in [0.29, 0.717) is 22.8 Å². The smallest absolute Gasteiger partial charge is 0.309 e. The molecule has 2 aromatic heterocycles. The summed E-state index contributed by atoms with van der Waals surface area (Å²) in [7, 11) is 0. The SMILES string of the molecule is Cc1c([N+](=O)[O-])cnn1C(C)c1nc(-c2ccc(OCC(N)=O)cc2)no1. The van der Waals surface area contributed by atoms with E-state index in [1.165, 1.54) is 10.9 Å². The number of aromatic nitrogens is 4. The molecule has 0 saturated carbocycles. The van der Waals surface area contributed by atoms with Crippen molar-refractivity contribution in [2.24, 2.45) is 5.73 Å². The van der Waals surface area contributed by atoms with Gasteiger partial charge in [0, 0.05) is 5.56 Å². The Bertz CT molecular complexity index is 978. The van der Waals surface area contributed by atoms with Crippen LogP contribution in [0.1, 0.15) is 24.6 Å². The molecular formula is C16H16N6O5. The van der Waals surface area contributed by atoms with Gasteiger partial charge >= 0.3 is 5.69 Å². The Hall–Kier alpha value is -3.76. The summed E-state index contributed by atoms with van der Waals surface area (Å²) >= 11 is 0. The number of carbonyl (C=O) groups excluding carboxylic acids is 1. The van der Waals surface area contributed by atoms with Crippen LogP contribution in [0.5, 0.6) is 5.75 Å². The summed E-state index contributed by atoms with van der Waals surface area (Å²) in [6.07, 6.45) is 1.19. The first-order chi connectivity index (χ1) is 12.9. The van der Waals surface area contributed by atoms with Gasteiger partial charge in [0.1, 0.15) is 23.7 Å². The molecule has 0 radical (unpaired) electrons. The Morgan fingerprint density at radius 3 is 2.70 bits per heavy atom. The second-order valence-corrected chi connectivity index (χ2v) is 5.73. The molecule has 0 aliphatic rings. The molecule has 2 heterocycles. The molecule has 0 spiro atoms. The number of benzene rings is 1. The average molecular weight is 372 g/mol. The van der Waals surface area contributed by atoms with E-state index in [2.05, 4.69) is 15.2 Å². The molecule has 1 atom stereocenters. The van der Waals surface area contributed by atoms with Crippen LogP contribution in [0.4, 0.5) is 5.69 Å². The number of carbonyl (C=O) groups is 1. The van der Waals surface area contributed by atoms with Crippen LogP contribution in [0.25, 0.3) is 11.4 Å². The Labute approximate surface area is 152 Å². The zero-order chi connectivity index (χ0) is 19.6. The standard InChI is InChI=1S/C16H16N6O5/c1-9-13(22(24)25)7-18-21(9)10(2)16-19-15(20-27-16)11-3-5-12(6-4-11)26-8-14(17)23/h3-7,10H,8H2,1-2H3,(H2,17,23). The Balaban J connectivity index is 1.78. The van der Waals surface area contributed by atoms with Crippen molar-refractivity contribution in [3.05, 3.63) is 52.2 Å². The van der Waals surface area contributed by atoms with Crippen molar-refractivity contribution in [2.45, 2.75) is 19.9 Å². The van der Waals surface area contributed by atoms with E-state index in [1.54, 1.807) is 38.1 Å². The van der Waals surface area contributed by atoms with E-state index in [1.807, 2.05) is 0 Å². The van der Waals surface area contributed by atoms with Crippen molar-refractivity contribution in [1.82, 2.24) is 19.9 Å². The quantitative estimate of drug-likeness (QED) is 0.485. The summed E-state index contributed by atoms with van der Waals surface area (Å²) in [6, 6.07) is 6.25. The lowest BCUT2D eigenvalue weighted by molar-refractivity contribution is -0.385. The van der Waals surface area contributed by atoms with Crippen LogP contribution in [0, 0.1) is 17.0 Å². The maximum absolute atomic E-state index is 11.0. The summed E-state index contributed by atoms with van der Waals surface area (Å²) in [6.45, 7) is 3.14. The van der Waals surface area contributed by atoms with Crippen molar-refractivity contribution < 1.29 is 19.0 Å². The summed E-state index contributed by atoms with van der Waals surface area (Å²) in [4.78, 5) is 25.5. The van der Waals surface area contributed by atoms with Gasteiger partial charge in [-0.3, -0.25) is 19.6 Å². The molecule has 0 fully saturated rings. The molecule has 2 N–H and O–H groups in total. The molecule has 11 nitrogen and oxygen atoms in total. The number of nitrogens with zero attached hydrogens (tertiary/aromatic N) is 5. The number of amides is 1. The maximum atomic E-state index is 11.0. The molecule has 3 rings (SSSR count). The number of rotatable bonds is 7. The zero-order valence-electron chi connectivity index (χ0n) is 14.5. The van der Waals surface area contributed by atoms with Gasteiger partial charge in [0.2, 0.25) is 5.82 Å². The van der Waals surface area contributed by atoms with Crippen LogP contribution in [0.3, 0.4) is 0 Å². The fraction of sp³-hybridized carbons (Fsp3) is 0.250. The van der Waals surface area contributed by atoms with Gasteiger partial charge in [-0.2, -0.15) is 10.1 Å². The van der Waals surface area contributed by atoms with Crippen molar-refractivity contribution in [1.29, 1.82) is 0 Å². The third kappa shape index (κ3) is 3.76. The summed E-state index contributed by atoms with van der Waals surface area (Å²) in [5, 5.41) is 18.9. The fourth-order valence-electron chi connectivity index (χ4n) is 2.47. The lowest BCUT2D eigenvalue weighted by Crippen LogP contribution is -2.19. The molecule has 0 aliphatic heterocycles. The van der Waals surface area contributed by atoms with Gasteiger partial charge < -0.3 is 15.0 Å². The second-order valence-electron chi connectivity index (χ2n) is 5.73. The highest BCUT2D eigenvalue weighted by atomic mass is 16.6. The number of hydrogen-bond donors (Lipinski definition) is 1. The number of primary amides is 1. The average Bonchev–Trinajstić information content (AvgIpc) is 3.27. The molecule has 27 heavy (non-hydrogen) atoms. The van der Waals surface area contributed by atoms with Crippen LogP contribution < -0.4 is 10.5 Å². The Kier molecular flexibility index (Phi) is 4.83. The zero-order valence-corrected chi connectivity index (χ0v) is 14.5. The van der Waals surface area contributed by atoms with Gasteiger partial charge in [0.25, 0.3) is 11.8 Å². The highest BCUT2D eigenvalue weighted by Gasteiger charge is 2.24. The molecule has 140 valence electrons. The first kappa shape index (κ1) is 18.0. The van der Waals surface area contributed by atoms with E-state index in [9.17, 15) is 14.9 Å². The first-order valence-electron chi connectivity index (χ1n) is 7.90. The minimum Gasteiger partial charge on any atom is -0.484 e. The van der Waals surface area contributed by atoms with Gasteiger partial charge in [-0.1, -0.05) is 5.16 Å². The van der Waals surface area contributed by atoms with Crippen LogP contribution in [0.2, 0.25) is 0 Å². The largest absolute Gasteiger partial charge is 0.484 e. The molecule has 1 amide bonds. The number of ether oxygens (including phenoxy) is 1. The highest BCUT2D eigenvalue weighted by Crippen LogP contribution is 2.26. The van der Waals surface area contributed by atoms with Gasteiger partial charge in [0.05, 0.1) is 4.92 Å². The van der Waals surface area contributed by atoms with Crippen molar-refractivity contribution >= 4 is 11.6 Å². The van der Waals surface area contributed by atoms with E-state index in [4.69, 9.17) is 15.0 Å². The molecule has 1 unspecified atom stereocenters. The van der Waals surface area contributed by atoms with Crippen molar-refractivity contribution in [3.63, 3.8) is 0 Å². The molecule has 1 aromatic carbocycles. The third-order valence-electron chi connectivity index (χ3n) is 3.88. The lowest BCUT2D eigenvalue weighted by Gasteiger charge is -2.08. The van der Waals surface area contributed by atoms with Crippen molar-refractivity contribution in [3.8, 4) is 17.1 Å². The minimum absolute atomic E-state index is 0.0758. The van der Waals surface area contributed by atoms with Gasteiger partial charge in [0.15, 0.2) is 6.61 Å². The van der Waals surface area contributed by atoms with Gasteiger partial charge in [-0.25, -0.2) is 0 Å². The summed E-state index contributed by atoms with van der Waals surface area (Å²) in [5.41, 5.74) is 6.02. The molecule has 3 aromatic rings. The summed E-state index contributed by atoms with van der Waals surface area (Å²) in [5.74, 6) is 0.525. The molecule has 11 heteroatoms.